The fraction of sp³-hybridized carbons (Fsp3) is 0.524. The molecule has 2 aliphatic carbocycles. The number of aromatic hydroxyl groups is 2. The highest BCUT2D eigenvalue weighted by atomic mass is 31.2. The Labute approximate surface area is 210 Å². The van der Waals surface area contributed by atoms with Gasteiger partial charge in [0.15, 0.2) is 22.3 Å². The molecule has 2 fully saturated rings. The van der Waals surface area contributed by atoms with Crippen LogP contribution in [0.4, 0.5) is 11.9 Å². The first-order valence-corrected chi connectivity index (χ1v) is 13.7. The minimum Gasteiger partial charge on any atom is -0.492 e. The van der Waals surface area contributed by atoms with Crippen LogP contribution < -0.4 is 11.5 Å². The van der Waals surface area contributed by atoms with Crippen LogP contribution in [0.5, 0.6) is 11.8 Å². The van der Waals surface area contributed by atoms with Crippen LogP contribution in [0.1, 0.15) is 26.7 Å². The van der Waals surface area contributed by atoms with Crippen LogP contribution in [0.25, 0.3) is 22.3 Å². The molecule has 196 valence electrons. The average Bonchev–Trinajstić information content (AvgIpc) is 3.40. The topological polar surface area (TPSA) is 215 Å². The van der Waals surface area contributed by atoms with E-state index in [-0.39, 0.29) is 46.5 Å². The number of fused-ring (bicyclic) bond motifs is 2. The molecule has 0 amide bonds. The maximum atomic E-state index is 13.8. The summed E-state index contributed by atoms with van der Waals surface area (Å²) in [6.45, 7) is 6.08. The number of hydrogen-bond donors (Lipinski definition) is 4. The molecule has 2 saturated carbocycles. The second kappa shape index (κ2) is 7.73. The molecule has 4 aromatic heterocycles. The van der Waals surface area contributed by atoms with Crippen LogP contribution in [0.3, 0.4) is 0 Å². The monoisotopic (exact) mass is 530 g/mol. The third-order valence-electron chi connectivity index (χ3n) is 7.28. The van der Waals surface area contributed by atoms with Gasteiger partial charge in [-0.3, -0.25) is 13.6 Å². The van der Waals surface area contributed by atoms with E-state index in [4.69, 9.17) is 20.5 Å². The van der Waals surface area contributed by atoms with E-state index < -0.39 is 18.8 Å². The van der Waals surface area contributed by atoms with Gasteiger partial charge in [-0.15, -0.1) is 0 Å². The van der Waals surface area contributed by atoms with E-state index in [2.05, 4.69) is 29.9 Å². The van der Waals surface area contributed by atoms with Gasteiger partial charge in [-0.05, 0) is 24.7 Å². The molecule has 0 saturated heterocycles. The summed E-state index contributed by atoms with van der Waals surface area (Å²) in [6.07, 6.45) is 4.36. The van der Waals surface area contributed by atoms with Gasteiger partial charge in [0.25, 0.3) is 0 Å². The number of anilines is 2. The summed E-state index contributed by atoms with van der Waals surface area (Å²) < 4.78 is 29.6. The highest BCUT2D eigenvalue weighted by Gasteiger charge is 2.60. The zero-order chi connectivity index (χ0) is 26.3. The number of nitrogens with two attached hydrogens (primary N) is 2. The molecule has 4 unspecified atom stereocenters. The Morgan fingerprint density at radius 1 is 0.892 bits per heavy atom. The third kappa shape index (κ3) is 4.03. The van der Waals surface area contributed by atoms with Gasteiger partial charge >= 0.3 is 7.60 Å². The Morgan fingerprint density at radius 3 is 1.62 bits per heavy atom. The standard InChI is InChI=1S/C21H27N10O5P/c1-10-4-20(10,6-30-8-24-12-14(30)26-18(22)28-16(12)32)35-37(3,34)36-21(5-11(21)2)7-31-9-25-13-15(31)27-19(23)29-17(13)33/h8-11H,4-7H2,1-3H3,(H3,22,26,28,32)(H3,23,27,29,33). The van der Waals surface area contributed by atoms with Gasteiger partial charge in [0, 0.05) is 6.66 Å². The lowest BCUT2D eigenvalue weighted by Crippen LogP contribution is -2.27. The summed E-state index contributed by atoms with van der Waals surface area (Å²) in [5.41, 5.74) is 11.1. The zero-order valence-corrected chi connectivity index (χ0v) is 21.3. The molecule has 4 atom stereocenters. The van der Waals surface area contributed by atoms with Gasteiger partial charge in [-0.2, -0.15) is 19.9 Å². The number of imidazole rings is 2. The number of rotatable bonds is 8. The van der Waals surface area contributed by atoms with Gasteiger partial charge in [-0.25, -0.2) is 9.97 Å². The van der Waals surface area contributed by atoms with E-state index in [9.17, 15) is 14.8 Å². The second-order valence-electron chi connectivity index (χ2n) is 10.2. The molecule has 0 aromatic carbocycles. The summed E-state index contributed by atoms with van der Waals surface area (Å²) >= 11 is 0. The van der Waals surface area contributed by atoms with Gasteiger partial charge in [0.1, 0.15) is 0 Å². The molecule has 4 heterocycles. The van der Waals surface area contributed by atoms with Crippen LogP contribution >= 0.6 is 7.60 Å². The van der Waals surface area contributed by atoms with Gasteiger partial charge < -0.3 is 30.8 Å². The predicted molar refractivity (Wildman–Crippen MR) is 132 cm³/mol. The van der Waals surface area contributed by atoms with Gasteiger partial charge in [0.05, 0.1) is 36.9 Å². The summed E-state index contributed by atoms with van der Waals surface area (Å²) in [6, 6.07) is 0. The maximum absolute atomic E-state index is 13.8. The van der Waals surface area contributed by atoms with E-state index in [0.717, 1.165) is 0 Å². The summed E-state index contributed by atoms with van der Waals surface area (Å²) in [7, 11) is -3.56. The molecule has 0 spiro atoms. The van der Waals surface area contributed by atoms with E-state index in [1.165, 1.54) is 19.3 Å². The van der Waals surface area contributed by atoms with Gasteiger partial charge in [-0.1, -0.05) is 13.8 Å². The number of hydrogen-bond acceptors (Lipinski definition) is 13. The summed E-state index contributed by atoms with van der Waals surface area (Å²) in [4.78, 5) is 24.2. The van der Waals surface area contributed by atoms with Crippen LogP contribution in [-0.2, 0) is 26.7 Å². The first kappa shape index (κ1) is 23.8. The van der Waals surface area contributed by atoms with Crippen molar-refractivity contribution >= 4 is 41.8 Å². The van der Waals surface area contributed by atoms with Crippen LogP contribution in [-0.4, -0.2) is 67.1 Å². The van der Waals surface area contributed by atoms with E-state index in [1.807, 2.05) is 13.8 Å². The molecular weight excluding hydrogens is 503 g/mol. The van der Waals surface area contributed by atoms with Crippen LogP contribution in [0.2, 0.25) is 0 Å². The third-order valence-corrected chi connectivity index (χ3v) is 8.67. The van der Waals surface area contributed by atoms with Crippen molar-refractivity contribution in [3.05, 3.63) is 12.7 Å². The molecule has 0 bridgehead atoms. The molecule has 0 radical (unpaired) electrons. The molecule has 16 heteroatoms. The summed E-state index contributed by atoms with van der Waals surface area (Å²) in [5, 5.41) is 20.1. The van der Waals surface area contributed by atoms with E-state index >= 15 is 0 Å². The highest BCUT2D eigenvalue weighted by molar-refractivity contribution is 7.53. The van der Waals surface area contributed by atoms with Crippen molar-refractivity contribution in [3.63, 3.8) is 0 Å². The van der Waals surface area contributed by atoms with Crippen molar-refractivity contribution in [3.8, 4) is 11.8 Å². The van der Waals surface area contributed by atoms with Crippen molar-refractivity contribution < 1.29 is 23.8 Å². The molecule has 15 nitrogen and oxygen atoms in total. The first-order chi connectivity index (χ1) is 17.4. The van der Waals surface area contributed by atoms with Crippen molar-refractivity contribution in [1.29, 1.82) is 0 Å². The maximum Gasteiger partial charge on any atom is 0.328 e. The predicted octanol–water partition coefficient (Wildman–Crippen LogP) is 1.66. The molecule has 6 rings (SSSR count). The quantitative estimate of drug-likeness (QED) is 0.239. The lowest BCUT2D eigenvalue weighted by molar-refractivity contribution is 0.0650. The SMILES string of the molecule is CC1CC1(Cn1cnc2c(O)nc(N)nc21)OP(C)(=O)OC1(Cn2cnc3c(O)nc(N)nc32)CC1C. The van der Waals surface area contributed by atoms with E-state index in [0.29, 0.717) is 37.2 Å². The average molecular weight is 530 g/mol. The molecule has 2 aliphatic rings. The fourth-order valence-electron chi connectivity index (χ4n) is 5.05. The highest BCUT2D eigenvalue weighted by Crippen LogP contribution is 2.65. The van der Waals surface area contributed by atoms with Crippen molar-refractivity contribution in [2.45, 2.75) is 51.0 Å². The normalized spacial score (nSPS) is 28.5. The lowest BCUT2D eigenvalue weighted by Gasteiger charge is -2.28. The Morgan fingerprint density at radius 2 is 1.27 bits per heavy atom. The molecular formula is C21H27N10O5P. The van der Waals surface area contributed by atoms with E-state index in [1.54, 1.807) is 9.13 Å². The Hall–Kier alpha value is -3.55. The van der Waals surface area contributed by atoms with Crippen molar-refractivity contribution in [2.75, 3.05) is 18.1 Å². The number of aromatic nitrogens is 8. The number of nitrogens with zero attached hydrogens (tertiary/aromatic N) is 8. The fourth-order valence-corrected chi connectivity index (χ4v) is 7.03. The largest absolute Gasteiger partial charge is 0.492 e. The van der Waals surface area contributed by atoms with Crippen LogP contribution in [0.15, 0.2) is 12.7 Å². The second-order valence-corrected chi connectivity index (χ2v) is 12.1. The molecule has 6 N–H and O–H groups in total. The first-order valence-electron chi connectivity index (χ1n) is 11.7. The van der Waals surface area contributed by atoms with Crippen molar-refractivity contribution in [1.82, 2.24) is 39.0 Å². The lowest BCUT2D eigenvalue weighted by atomic mass is 10.3. The Kier molecular flexibility index (Phi) is 4.98. The molecule has 37 heavy (non-hydrogen) atoms. The molecule has 4 aromatic rings. The minimum absolute atomic E-state index is 0.0768. The Bertz CT molecular complexity index is 1490. The minimum atomic E-state index is -3.56. The smallest absolute Gasteiger partial charge is 0.328 e. The number of nitrogen functional groups attached to an aromatic ring is 2. The van der Waals surface area contributed by atoms with Gasteiger partial charge in [0.2, 0.25) is 23.7 Å². The van der Waals surface area contributed by atoms with Crippen molar-refractivity contribution in [2.24, 2.45) is 11.8 Å². The summed E-state index contributed by atoms with van der Waals surface area (Å²) in [5.74, 6) is -0.563. The van der Waals surface area contributed by atoms with Crippen LogP contribution in [0, 0.1) is 11.8 Å². The zero-order valence-electron chi connectivity index (χ0n) is 20.4. The Balaban J connectivity index is 1.23. The molecule has 0 aliphatic heterocycles.